The Kier molecular flexibility index (Phi) is 9.81. The lowest BCUT2D eigenvalue weighted by Gasteiger charge is -2.22. The van der Waals surface area contributed by atoms with Crippen LogP contribution in [0.5, 0.6) is 0 Å². The van der Waals surface area contributed by atoms with Crippen LogP contribution in [0.3, 0.4) is 0 Å². The van der Waals surface area contributed by atoms with Gasteiger partial charge in [-0.3, -0.25) is 4.79 Å². The lowest BCUT2D eigenvalue weighted by Crippen LogP contribution is -2.39. The highest BCUT2D eigenvalue weighted by molar-refractivity contribution is 6.35. The number of nitrogens with one attached hydrogen (secondary N) is 2. The predicted molar refractivity (Wildman–Crippen MR) is 147 cm³/mol. The Morgan fingerprint density at radius 2 is 1.89 bits per heavy atom. The number of hydrogen-bond donors (Lipinski definition) is 2. The molecule has 2 atom stereocenters. The maximum atomic E-state index is 13.1. The summed E-state index contributed by atoms with van der Waals surface area (Å²) in [7, 11) is 0. The molecule has 1 heterocycles. The fourth-order valence-electron chi connectivity index (χ4n) is 4.18. The molecular weight excluding hydrogens is 503 g/mol. The molecule has 1 aromatic heterocycles. The summed E-state index contributed by atoms with van der Waals surface area (Å²) in [6.45, 7) is 11.2. The molecule has 0 radical (unpaired) electrons. The largest absolute Gasteiger partial charge is 0.349 e. The second-order valence-electron chi connectivity index (χ2n) is 8.53. The van der Waals surface area contributed by atoms with Gasteiger partial charge in [-0.05, 0) is 56.5 Å². The summed E-state index contributed by atoms with van der Waals surface area (Å²) < 4.78 is 1.68. The van der Waals surface area contributed by atoms with E-state index in [-0.39, 0.29) is 5.91 Å². The molecule has 0 bridgehead atoms. The van der Waals surface area contributed by atoms with Crippen LogP contribution in [-0.2, 0) is 0 Å². The molecule has 0 fully saturated rings. The predicted octanol–water partition coefficient (Wildman–Crippen LogP) is 7.12. The number of nitrogens with zero attached hydrogens (tertiary/aromatic N) is 2. The van der Waals surface area contributed by atoms with Crippen molar-refractivity contribution in [3.8, 4) is 16.9 Å². The molecule has 186 valence electrons. The van der Waals surface area contributed by atoms with Gasteiger partial charge in [0.05, 0.1) is 16.4 Å². The third kappa shape index (κ3) is 6.68. The second kappa shape index (κ2) is 12.6. The maximum absolute atomic E-state index is 13.1. The second-order valence-corrected chi connectivity index (χ2v) is 9.81. The highest BCUT2D eigenvalue weighted by atomic mass is 35.5. The lowest BCUT2D eigenvalue weighted by molar-refractivity contribution is 0.0947. The van der Waals surface area contributed by atoms with Gasteiger partial charge in [-0.2, -0.15) is 5.10 Å². The summed E-state index contributed by atoms with van der Waals surface area (Å²) >= 11 is 18.9. The van der Waals surface area contributed by atoms with Crippen molar-refractivity contribution in [2.75, 3.05) is 13.1 Å². The molecule has 2 unspecified atom stereocenters. The van der Waals surface area contributed by atoms with Crippen molar-refractivity contribution in [3.05, 3.63) is 81.4 Å². The Hall–Kier alpha value is -2.31. The van der Waals surface area contributed by atoms with Crippen molar-refractivity contribution in [1.82, 2.24) is 20.4 Å². The molecule has 2 N–H and O–H groups in total. The molecule has 3 rings (SSSR count). The molecule has 0 spiro atoms. The van der Waals surface area contributed by atoms with Crippen LogP contribution in [0.4, 0.5) is 0 Å². The molecule has 0 aliphatic heterocycles. The van der Waals surface area contributed by atoms with Crippen molar-refractivity contribution in [1.29, 1.82) is 0 Å². The number of amides is 1. The molecule has 3 aromatic rings. The minimum absolute atomic E-state index is 0.248. The van der Waals surface area contributed by atoms with Gasteiger partial charge >= 0.3 is 0 Å². The number of allylic oxidation sites excluding steroid dienone is 1. The van der Waals surface area contributed by atoms with E-state index >= 15 is 0 Å². The number of carbonyl (C=O) groups excluding carboxylic acids is 1. The van der Waals surface area contributed by atoms with Gasteiger partial charge in [0.15, 0.2) is 5.69 Å². The number of benzene rings is 2. The van der Waals surface area contributed by atoms with Gasteiger partial charge in [-0.15, -0.1) is 6.58 Å². The molecule has 0 aliphatic rings. The zero-order chi connectivity index (χ0) is 25.5. The van der Waals surface area contributed by atoms with E-state index in [1.807, 2.05) is 31.2 Å². The molecular formula is C27H31Cl3N4O. The first kappa shape index (κ1) is 27.3. The van der Waals surface area contributed by atoms with Crippen molar-refractivity contribution in [2.45, 2.75) is 39.7 Å². The van der Waals surface area contributed by atoms with Crippen molar-refractivity contribution >= 4 is 40.7 Å². The van der Waals surface area contributed by atoms with Crippen molar-refractivity contribution < 1.29 is 4.79 Å². The van der Waals surface area contributed by atoms with E-state index in [0.717, 1.165) is 29.7 Å². The summed E-state index contributed by atoms with van der Waals surface area (Å²) in [6, 6.07) is 12.9. The quantitative estimate of drug-likeness (QED) is 0.204. The van der Waals surface area contributed by atoms with Gasteiger partial charge in [0.1, 0.15) is 0 Å². The lowest BCUT2D eigenvalue weighted by atomic mass is 9.95. The van der Waals surface area contributed by atoms with Crippen LogP contribution in [0, 0.1) is 12.8 Å². The van der Waals surface area contributed by atoms with Crippen molar-refractivity contribution in [3.63, 3.8) is 0 Å². The van der Waals surface area contributed by atoms with Gasteiger partial charge in [-0.25, -0.2) is 4.68 Å². The highest BCUT2D eigenvalue weighted by Crippen LogP contribution is 2.33. The van der Waals surface area contributed by atoms with Crippen LogP contribution in [0.15, 0.2) is 55.1 Å². The monoisotopic (exact) mass is 532 g/mol. The third-order valence-electron chi connectivity index (χ3n) is 6.15. The third-order valence-corrected chi connectivity index (χ3v) is 6.92. The van der Waals surface area contributed by atoms with Gasteiger partial charge in [0, 0.05) is 40.3 Å². The van der Waals surface area contributed by atoms with E-state index in [1.165, 1.54) is 0 Å². The van der Waals surface area contributed by atoms with Crippen LogP contribution in [-0.4, -0.2) is 34.8 Å². The van der Waals surface area contributed by atoms with Crippen LogP contribution in [0.25, 0.3) is 16.9 Å². The van der Waals surface area contributed by atoms with Gasteiger partial charge in [-0.1, -0.05) is 66.4 Å². The Morgan fingerprint density at radius 1 is 1.14 bits per heavy atom. The van der Waals surface area contributed by atoms with Crippen molar-refractivity contribution in [2.24, 2.45) is 5.92 Å². The van der Waals surface area contributed by atoms with Crippen LogP contribution in [0.1, 0.15) is 42.7 Å². The minimum Gasteiger partial charge on any atom is -0.349 e. The molecule has 0 saturated heterocycles. The zero-order valence-electron chi connectivity index (χ0n) is 20.2. The molecule has 0 aliphatic carbocycles. The van der Waals surface area contributed by atoms with Crippen LogP contribution >= 0.6 is 34.8 Å². The molecule has 5 nitrogen and oxygen atoms in total. The van der Waals surface area contributed by atoms with E-state index in [4.69, 9.17) is 34.8 Å². The number of rotatable bonds is 11. The summed E-state index contributed by atoms with van der Waals surface area (Å²) in [5.41, 5.74) is 3.25. The fourth-order valence-corrected chi connectivity index (χ4v) is 4.86. The summed E-state index contributed by atoms with van der Waals surface area (Å²) in [6.07, 6.45) is 3.99. The first-order valence-corrected chi connectivity index (χ1v) is 12.8. The number of aromatic nitrogens is 2. The zero-order valence-corrected chi connectivity index (χ0v) is 22.5. The Bertz CT molecular complexity index is 1190. The van der Waals surface area contributed by atoms with E-state index in [2.05, 4.69) is 36.2 Å². The first-order valence-electron chi connectivity index (χ1n) is 11.7. The Balaban J connectivity index is 1.85. The number of hydrogen-bond acceptors (Lipinski definition) is 3. The average molecular weight is 534 g/mol. The maximum Gasteiger partial charge on any atom is 0.272 e. The average Bonchev–Trinajstić information content (AvgIpc) is 3.16. The van der Waals surface area contributed by atoms with Gasteiger partial charge < -0.3 is 10.6 Å². The Morgan fingerprint density at radius 3 is 2.54 bits per heavy atom. The van der Waals surface area contributed by atoms with E-state index < -0.39 is 0 Å². The summed E-state index contributed by atoms with van der Waals surface area (Å²) in [5.74, 6) is 0.271. The number of carbonyl (C=O) groups is 1. The normalized spacial score (nSPS) is 12.9. The SMILES string of the molecule is C=CCC(CC)C(C)NCCNC(=O)c1nn(-c2ccc(Cl)cc2Cl)c(-c2cccc(Cl)c2)c1C. The van der Waals surface area contributed by atoms with E-state index in [0.29, 0.717) is 51.5 Å². The molecule has 2 aromatic carbocycles. The molecule has 8 heteroatoms. The summed E-state index contributed by atoms with van der Waals surface area (Å²) in [5, 5.41) is 12.7. The van der Waals surface area contributed by atoms with E-state index in [9.17, 15) is 4.79 Å². The molecule has 35 heavy (non-hydrogen) atoms. The molecule has 1 amide bonds. The fraction of sp³-hybridized carbons (Fsp3) is 0.333. The topological polar surface area (TPSA) is 58.9 Å². The summed E-state index contributed by atoms with van der Waals surface area (Å²) in [4.78, 5) is 13.1. The standard InChI is InChI=1S/C27H31Cl3N4O/c1-5-8-19(6-2)18(4)31-13-14-32-27(35)25-17(3)26(20-9-7-10-21(28)15-20)34(33-25)24-12-11-22(29)16-23(24)30/h5,7,9-12,15-16,18-19,31H,1,6,8,13-14H2,2-4H3,(H,32,35). The first-order chi connectivity index (χ1) is 16.8. The highest BCUT2D eigenvalue weighted by Gasteiger charge is 2.23. The van der Waals surface area contributed by atoms with Crippen LogP contribution < -0.4 is 10.6 Å². The molecule has 0 saturated carbocycles. The van der Waals surface area contributed by atoms with Crippen LogP contribution in [0.2, 0.25) is 15.1 Å². The van der Waals surface area contributed by atoms with Gasteiger partial charge in [0.2, 0.25) is 0 Å². The Labute approximate surface area is 222 Å². The number of halogens is 3. The van der Waals surface area contributed by atoms with E-state index in [1.54, 1.807) is 28.9 Å². The minimum atomic E-state index is -0.248. The van der Waals surface area contributed by atoms with Gasteiger partial charge in [0.25, 0.3) is 5.91 Å². The smallest absolute Gasteiger partial charge is 0.272 e.